The Labute approximate surface area is 122 Å². The summed E-state index contributed by atoms with van der Waals surface area (Å²) in [7, 11) is 1.66. The third-order valence-electron chi connectivity index (χ3n) is 2.91. The van der Waals surface area contributed by atoms with Crippen LogP contribution in [-0.4, -0.2) is 28.5 Å². The molecule has 0 saturated carbocycles. The van der Waals surface area contributed by atoms with Gasteiger partial charge in [0.25, 0.3) is 0 Å². The highest BCUT2D eigenvalue weighted by molar-refractivity contribution is 6.30. The SMILES string of the molecule is COCCn1c(CCl)nnc1-c1cc(Cl)ccc1C. The highest BCUT2D eigenvalue weighted by atomic mass is 35.5. The summed E-state index contributed by atoms with van der Waals surface area (Å²) in [4.78, 5) is 0. The fraction of sp³-hybridized carbons (Fsp3) is 0.385. The van der Waals surface area contributed by atoms with E-state index in [-0.39, 0.29) is 0 Å². The molecule has 0 N–H and O–H groups in total. The number of nitrogens with zero attached hydrogens (tertiary/aromatic N) is 3. The summed E-state index contributed by atoms with van der Waals surface area (Å²) in [5.41, 5.74) is 2.06. The molecule has 0 bridgehead atoms. The molecule has 4 nitrogen and oxygen atoms in total. The van der Waals surface area contributed by atoms with Crippen molar-refractivity contribution in [2.45, 2.75) is 19.3 Å². The van der Waals surface area contributed by atoms with E-state index in [0.29, 0.717) is 24.1 Å². The maximum atomic E-state index is 6.06. The van der Waals surface area contributed by atoms with Crippen LogP contribution in [0.25, 0.3) is 11.4 Å². The molecule has 1 aromatic carbocycles. The molecular weight excluding hydrogens is 285 g/mol. The number of aromatic nitrogens is 3. The van der Waals surface area contributed by atoms with Crippen LogP contribution in [0.4, 0.5) is 0 Å². The Morgan fingerprint density at radius 2 is 2.11 bits per heavy atom. The van der Waals surface area contributed by atoms with Gasteiger partial charge < -0.3 is 9.30 Å². The third-order valence-corrected chi connectivity index (χ3v) is 3.38. The van der Waals surface area contributed by atoms with Crippen LogP contribution in [0.5, 0.6) is 0 Å². The minimum absolute atomic E-state index is 0.316. The summed E-state index contributed by atoms with van der Waals surface area (Å²) in [5.74, 6) is 1.82. The molecule has 0 spiro atoms. The van der Waals surface area contributed by atoms with Crippen molar-refractivity contribution < 1.29 is 4.74 Å². The van der Waals surface area contributed by atoms with E-state index in [2.05, 4.69) is 10.2 Å². The molecule has 0 fully saturated rings. The lowest BCUT2D eigenvalue weighted by Crippen LogP contribution is -2.09. The van der Waals surface area contributed by atoms with Crippen LogP contribution in [-0.2, 0) is 17.2 Å². The van der Waals surface area contributed by atoms with Crippen molar-refractivity contribution in [2.24, 2.45) is 0 Å². The highest BCUT2D eigenvalue weighted by Crippen LogP contribution is 2.26. The van der Waals surface area contributed by atoms with Crippen molar-refractivity contribution in [2.75, 3.05) is 13.7 Å². The molecule has 0 radical (unpaired) electrons. The Morgan fingerprint density at radius 1 is 1.32 bits per heavy atom. The smallest absolute Gasteiger partial charge is 0.164 e. The van der Waals surface area contributed by atoms with Crippen molar-refractivity contribution in [3.8, 4) is 11.4 Å². The lowest BCUT2D eigenvalue weighted by Gasteiger charge is -2.10. The van der Waals surface area contributed by atoms with E-state index in [1.165, 1.54) is 0 Å². The number of rotatable bonds is 5. The fourth-order valence-electron chi connectivity index (χ4n) is 1.89. The normalized spacial score (nSPS) is 10.9. The molecule has 0 aliphatic carbocycles. The van der Waals surface area contributed by atoms with Crippen molar-refractivity contribution in [3.63, 3.8) is 0 Å². The first kappa shape index (κ1) is 14.3. The molecule has 0 amide bonds. The van der Waals surface area contributed by atoms with Crippen LogP contribution in [0.2, 0.25) is 5.02 Å². The summed E-state index contributed by atoms with van der Waals surface area (Å²) < 4.78 is 7.08. The molecule has 2 aromatic rings. The fourth-order valence-corrected chi connectivity index (χ4v) is 2.26. The van der Waals surface area contributed by atoms with Gasteiger partial charge >= 0.3 is 0 Å². The number of ether oxygens (including phenoxy) is 1. The Kier molecular flexibility index (Phi) is 4.80. The molecule has 0 unspecified atom stereocenters. The first-order chi connectivity index (χ1) is 9.17. The molecule has 0 aliphatic rings. The number of hydrogen-bond donors (Lipinski definition) is 0. The third kappa shape index (κ3) is 3.08. The number of methoxy groups -OCH3 is 1. The molecule has 0 saturated heterocycles. The van der Waals surface area contributed by atoms with Gasteiger partial charge in [0.2, 0.25) is 0 Å². The molecule has 1 aromatic heterocycles. The minimum Gasteiger partial charge on any atom is -0.383 e. The van der Waals surface area contributed by atoms with E-state index < -0.39 is 0 Å². The molecule has 1 heterocycles. The molecule has 6 heteroatoms. The van der Waals surface area contributed by atoms with Gasteiger partial charge in [0.1, 0.15) is 5.82 Å². The number of alkyl halides is 1. The van der Waals surface area contributed by atoms with Gasteiger partial charge in [0.15, 0.2) is 5.82 Å². The second-order valence-corrected chi connectivity index (χ2v) is 4.88. The lowest BCUT2D eigenvalue weighted by molar-refractivity contribution is 0.187. The zero-order valence-electron chi connectivity index (χ0n) is 10.9. The molecule has 2 rings (SSSR count). The van der Waals surface area contributed by atoms with Gasteiger partial charge in [-0.15, -0.1) is 21.8 Å². The number of aryl methyl sites for hydroxylation is 1. The van der Waals surface area contributed by atoms with Gasteiger partial charge in [-0.25, -0.2) is 0 Å². The van der Waals surface area contributed by atoms with Crippen molar-refractivity contribution in [1.82, 2.24) is 14.8 Å². The van der Waals surface area contributed by atoms with Gasteiger partial charge in [-0.05, 0) is 24.6 Å². The van der Waals surface area contributed by atoms with Crippen LogP contribution < -0.4 is 0 Å². The van der Waals surface area contributed by atoms with Crippen LogP contribution in [0.15, 0.2) is 18.2 Å². The predicted molar refractivity (Wildman–Crippen MR) is 76.6 cm³/mol. The summed E-state index contributed by atoms with van der Waals surface area (Å²) in [6.07, 6.45) is 0. The zero-order chi connectivity index (χ0) is 13.8. The maximum absolute atomic E-state index is 6.06. The quantitative estimate of drug-likeness (QED) is 0.795. The largest absolute Gasteiger partial charge is 0.383 e. The first-order valence-corrected chi connectivity index (χ1v) is 6.82. The van der Waals surface area contributed by atoms with E-state index in [9.17, 15) is 0 Å². The first-order valence-electron chi connectivity index (χ1n) is 5.91. The van der Waals surface area contributed by atoms with Crippen LogP contribution >= 0.6 is 23.2 Å². The second kappa shape index (κ2) is 6.37. The highest BCUT2D eigenvalue weighted by Gasteiger charge is 2.15. The molecular formula is C13H15Cl2N3O. The van der Waals surface area contributed by atoms with Gasteiger partial charge in [-0.3, -0.25) is 0 Å². The van der Waals surface area contributed by atoms with Crippen LogP contribution in [0, 0.1) is 6.92 Å². The number of hydrogen-bond acceptors (Lipinski definition) is 3. The average Bonchev–Trinajstić information content (AvgIpc) is 2.81. The van der Waals surface area contributed by atoms with E-state index >= 15 is 0 Å². The van der Waals surface area contributed by atoms with Crippen molar-refractivity contribution in [3.05, 3.63) is 34.6 Å². The zero-order valence-corrected chi connectivity index (χ0v) is 12.4. The van der Waals surface area contributed by atoms with Crippen molar-refractivity contribution in [1.29, 1.82) is 0 Å². The van der Waals surface area contributed by atoms with E-state index in [0.717, 1.165) is 22.8 Å². The van der Waals surface area contributed by atoms with Gasteiger partial charge in [0, 0.05) is 24.2 Å². The molecule has 0 aliphatic heterocycles. The average molecular weight is 300 g/mol. The summed E-state index contributed by atoms with van der Waals surface area (Å²) in [6, 6.07) is 5.72. The van der Waals surface area contributed by atoms with E-state index in [1.807, 2.05) is 29.7 Å². The second-order valence-electron chi connectivity index (χ2n) is 4.18. The summed E-state index contributed by atoms with van der Waals surface area (Å²) >= 11 is 11.9. The number of halogens is 2. The predicted octanol–water partition coefficient (Wildman–Crippen LogP) is 3.29. The van der Waals surface area contributed by atoms with Crippen LogP contribution in [0.3, 0.4) is 0 Å². The Bertz CT molecular complexity index is 569. The standard InChI is InChI=1S/C13H15Cl2N3O/c1-9-3-4-10(15)7-11(9)13-17-16-12(8-14)18(13)5-6-19-2/h3-4,7H,5-6,8H2,1-2H3. The van der Waals surface area contributed by atoms with Crippen molar-refractivity contribution >= 4 is 23.2 Å². The Hall–Kier alpha value is -1.10. The Balaban J connectivity index is 2.49. The Morgan fingerprint density at radius 3 is 2.79 bits per heavy atom. The van der Waals surface area contributed by atoms with Gasteiger partial charge in [-0.1, -0.05) is 17.7 Å². The molecule has 19 heavy (non-hydrogen) atoms. The maximum Gasteiger partial charge on any atom is 0.164 e. The molecule has 0 atom stereocenters. The lowest BCUT2D eigenvalue weighted by atomic mass is 10.1. The molecule has 102 valence electrons. The van der Waals surface area contributed by atoms with Gasteiger partial charge in [-0.2, -0.15) is 0 Å². The minimum atomic E-state index is 0.316. The van der Waals surface area contributed by atoms with E-state index in [1.54, 1.807) is 7.11 Å². The summed E-state index contributed by atoms with van der Waals surface area (Å²) in [5, 5.41) is 9.02. The topological polar surface area (TPSA) is 39.9 Å². The van der Waals surface area contributed by atoms with Gasteiger partial charge in [0.05, 0.1) is 12.5 Å². The van der Waals surface area contributed by atoms with Crippen LogP contribution in [0.1, 0.15) is 11.4 Å². The monoisotopic (exact) mass is 299 g/mol. The number of benzene rings is 1. The van der Waals surface area contributed by atoms with E-state index in [4.69, 9.17) is 27.9 Å². The summed E-state index contributed by atoms with van der Waals surface area (Å²) in [6.45, 7) is 3.25.